The highest BCUT2D eigenvalue weighted by atomic mass is 16.5. The van der Waals surface area contributed by atoms with E-state index in [-0.39, 0.29) is 6.10 Å². The molecule has 28 heavy (non-hydrogen) atoms. The van der Waals surface area contributed by atoms with Crippen LogP contribution in [0.3, 0.4) is 0 Å². The van der Waals surface area contributed by atoms with Gasteiger partial charge in [0.15, 0.2) is 5.96 Å². The zero-order chi connectivity index (χ0) is 19.2. The van der Waals surface area contributed by atoms with Crippen molar-refractivity contribution in [3.63, 3.8) is 0 Å². The predicted octanol–water partition coefficient (Wildman–Crippen LogP) is 1.63. The number of hydrogen-bond acceptors (Lipinski definition) is 4. The Hall–Kier alpha value is -1.63. The van der Waals surface area contributed by atoms with Gasteiger partial charge in [0.2, 0.25) is 0 Å². The van der Waals surface area contributed by atoms with Crippen molar-refractivity contribution in [2.45, 2.75) is 38.0 Å². The molecule has 2 atom stereocenters. The largest absolute Gasteiger partial charge is 0.373 e. The Morgan fingerprint density at radius 3 is 2.75 bits per heavy atom. The average molecular weight is 386 g/mol. The number of ether oxygens (including phenoxy) is 1. The van der Waals surface area contributed by atoms with E-state index in [1.54, 1.807) is 0 Å². The molecule has 154 valence electrons. The first-order chi connectivity index (χ1) is 13.8. The number of guanidine groups is 1. The van der Waals surface area contributed by atoms with Crippen molar-refractivity contribution in [3.05, 3.63) is 35.9 Å². The second kappa shape index (κ2) is 9.72. The molecule has 0 bridgehead atoms. The number of nitrogens with zero attached hydrogens (tertiary/aromatic N) is 4. The summed E-state index contributed by atoms with van der Waals surface area (Å²) in [7, 11) is 1.90. The van der Waals surface area contributed by atoms with Crippen LogP contribution in [-0.2, 0) is 11.3 Å². The van der Waals surface area contributed by atoms with Crippen LogP contribution in [0.2, 0.25) is 0 Å². The van der Waals surface area contributed by atoms with Crippen LogP contribution in [0.15, 0.2) is 35.3 Å². The maximum atomic E-state index is 6.12. The molecule has 4 rings (SSSR count). The van der Waals surface area contributed by atoms with Gasteiger partial charge in [-0.05, 0) is 44.5 Å². The molecular weight excluding hydrogens is 350 g/mol. The van der Waals surface area contributed by atoms with Gasteiger partial charge in [0.25, 0.3) is 0 Å². The lowest BCUT2D eigenvalue weighted by Crippen LogP contribution is -2.50. The molecule has 1 aromatic rings. The number of nitrogens with one attached hydrogen (secondary N) is 1. The number of aliphatic imine (C=N–C) groups is 1. The maximum Gasteiger partial charge on any atom is 0.193 e. The van der Waals surface area contributed by atoms with Gasteiger partial charge < -0.3 is 19.9 Å². The first-order valence-electron chi connectivity index (χ1n) is 10.9. The second-order valence-corrected chi connectivity index (χ2v) is 8.21. The van der Waals surface area contributed by atoms with Crippen LogP contribution in [0.25, 0.3) is 0 Å². The lowest BCUT2D eigenvalue weighted by Gasteiger charge is -2.36. The van der Waals surface area contributed by atoms with Crippen molar-refractivity contribution in [3.8, 4) is 0 Å². The highest BCUT2D eigenvalue weighted by Gasteiger charge is 2.41. The van der Waals surface area contributed by atoms with Gasteiger partial charge in [-0.3, -0.25) is 9.89 Å². The molecule has 3 fully saturated rings. The van der Waals surface area contributed by atoms with E-state index in [0.717, 1.165) is 45.3 Å². The molecule has 0 amide bonds. The Kier molecular flexibility index (Phi) is 6.83. The fraction of sp³-hybridized carbons (Fsp3) is 0.682. The molecule has 1 N–H and O–H groups in total. The molecule has 3 saturated heterocycles. The molecule has 6 nitrogen and oxygen atoms in total. The van der Waals surface area contributed by atoms with Gasteiger partial charge in [-0.2, -0.15) is 0 Å². The Labute approximate surface area is 169 Å². The van der Waals surface area contributed by atoms with Crippen LogP contribution in [0.1, 0.15) is 24.8 Å². The second-order valence-electron chi connectivity index (χ2n) is 8.21. The van der Waals surface area contributed by atoms with E-state index in [1.165, 1.54) is 44.5 Å². The Balaban J connectivity index is 1.28. The third kappa shape index (κ3) is 4.85. The lowest BCUT2D eigenvalue weighted by molar-refractivity contribution is -0.0502. The minimum atomic E-state index is 0.278. The first kappa shape index (κ1) is 19.7. The Morgan fingerprint density at radius 2 is 1.96 bits per heavy atom. The molecule has 3 heterocycles. The zero-order valence-electron chi connectivity index (χ0n) is 17.2. The normalized spacial score (nSPS) is 26.6. The molecule has 0 aromatic heterocycles. The zero-order valence-corrected chi connectivity index (χ0v) is 17.2. The number of likely N-dealkylation sites (tertiary alicyclic amines) is 2. The summed E-state index contributed by atoms with van der Waals surface area (Å²) in [6.45, 7) is 9.49. The minimum Gasteiger partial charge on any atom is -0.373 e. The van der Waals surface area contributed by atoms with E-state index >= 15 is 0 Å². The molecule has 1 aromatic carbocycles. The summed E-state index contributed by atoms with van der Waals surface area (Å²) < 4.78 is 6.12. The van der Waals surface area contributed by atoms with Crippen LogP contribution in [0.5, 0.6) is 0 Å². The molecule has 6 heteroatoms. The van der Waals surface area contributed by atoms with Crippen LogP contribution >= 0.6 is 0 Å². The van der Waals surface area contributed by atoms with Gasteiger partial charge in [0.1, 0.15) is 0 Å². The van der Waals surface area contributed by atoms with E-state index in [0.29, 0.717) is 6.04 Å². The summed E-state index contributed by atoms with van der Waals surface area (Å²) in [4.78, 5) is 12.1. The third-order valence-electron chi connectivity index (χ3n) is 6.29. The van der Waals surface area contributed by atoms with Crippen LogP contribution in [0.4, 0.5) is 0 Å². The van der Waals surface area contributed by atoms with Crippen LogP contribution in [0, 0.1) is 0 Å². The number of hydrogen-bond donors (Lipinski definition) is 1. The van der Waals surface area contributed by atoms with E-state index in [9.17, 15) is 0 Å². The standard InChI is InChI=1S/C22H35N5O/c1-23-22(24-10-7-13-25-11-5-6-12-25)27-17-20-21(18-27)28-15-14-26(20)16-19-8-3-2-4-9-19/h2-4,8-9,20-21H,5-7,10-18H2,1H3,(H,23,24). The molecule has 0 spiro atoms. The summed E-state index contributed by atoms with van der Waals surface area (Å²) in [5, 5.41) is 3.58. The smallest absolute Gasteiger partial charge is 0.193 e. The van der Waals surface area contributed by atoms with E-state index in [2.05, 4.69) is 55.3 Å². The molecule has 0 saturated carbocycles. The quantitative estimate of drug-likeness (QED) is 0.458. The molecule has 0 aliphatic carbocycles. The molecule has 3 aliphatic heterocycles. The maximum absolute atomic E-state index is 6.12. The highest BCUT2D eigenvalue weighted by molar-refractivity contribution is 5.80. The van der Waals surface area contributed by atoms with Crippen molar-refractivity contribution >= 4 is 5.96 Å². The summed E-state index contributed by atoms with van der Waals surface area (Å²) in [5.74, 6) is 1.03. The summed E-state index contributed by atoms with van der Waals surface area (Å²) >= 11 is 0. The van der Waals surface area contributed by atoms with Gasteiger partial charge in [-0.1, -0.05) is 30.3 Å². The van der Waals surface area contributed by atoms with Crippen molar-refractivity contribution in [1.82, 2.24) is 20.0 Å². The van der Waals surface area contributed by atoms with Gasteiger partial charge in [-0.25, -0.2) is 0 Å². The van der Waals surface area contributed by atoms with Crippen LogP contribution < -0.4 is 5.32 Å². The van der Waals surface area contributed by atoms with Crippen molar-refractivity contribution in [2.75, 3.05) is 59.5 Å². The molecule has 3 aliphatic rings. The summed E-state index contributed by atoms with van der Waals surface area (Å²) in [6, 6.07) is 11.2. The first-order valence-corrected chi connectivity index (χ1v) is 10.9. The topological polar surface area (TPSA) is 43.3 Å². The van der Waals surface area contributed by atoms with E-state index in [4.69, 9.17) is 4.74 Å². The van der Waals surface area contributed by atoms with Crippen molar-refractivity contribution < 1.29 is 4.74 Å². The fourth-order valence-corrected chi connectivity index (χ4v) is 4.79. The SMILES string of the molecule is CN=C(NCCCN1CCCC1)N1CC2OCCN(Cc3ccccc3)C2C1. The van der Waals surface area contributed by atoms with E-state index in [1.807, 2.05) is 7.05 Å². The fourth-order valence-electron chi connectivity index (χ4n) is 4.79. The van der Waals surface area contributed by atoms with E-state index < -0.39 is 0 Å². The summed E-state index contributed by atoms with van der Waals surface area (Å²) in [6.07, 6.45) is 4.19. The molecular formula is C22H35N5O. The number of benzene rings is 1. The van der Waals surface area contributed by atoms with Crippen LogP contribution in [-0.4, -0.2) is 92.3 Å². The Bertz CT molecular complexity index is 631. The van der Waals surface area contributed by atoms with Gasteiger partial charge in [0.05, 0.1) is 18.8 Å². The average Bonchev–Trinajstić information content (AvgIpc) is 3.39. The van der Waals surface area contributed by atoms with Crippen molar-refractivity contribution in [2.24, 2.45) is 4.99 Å². The van der Waals surface area contributed by atoms with Crippen molar-refractivity contribution in [1.29, 1.82) is 0 Å². The van der Waals surface area contributed by atoms with Gasteiger partial charge in [0, 0.05) is 39.8 Å². The number of morpholine rings is 1. The third-order valence-corrected chi connectivity index (χ3v) is 6.29. The van der Waals surface area contributed by atoms with Gasteiger partial charge >= 0.3 is 0 Å². The highest BCUT2D eigenvalue weighted by Crippen LogP contribution is 2.24. The molecule has 0 radical (unpaired) electrons. The number of rotatable bonds is 6. The minimum absolute atomic E-state index is 0.278. The monoisotopic (exact) mass is 385 g/mol. The summed E-state index contributed by atoms with van der Waals surface area (Å²) in [5.41, 5.74) is 1.38. The lowest BCUT2D eigenvalue weighted by atomic mass is 10.1. The predicted molar refractivity (Wildman–Crippen MR) is 114 cm³/mol. The number of fused-ring (bicyclic) bond motifs is 1. The Morgan fingerprint density at radius 1 is 1.14 bits per heavy atom. The molecule has 2 unspecified atom stereocenters. The van der Waals surface area contributed by atoms with Gasteiger partial charge in [-0.15, -0.1) is 0 Å².